The van der Waals surface area contributed by atoms with Crippen molar-refractivity contribution in [3.8, 4) is 0 Å². The van der Waals surface area contributed by atoms with Crippen LogP contribution < -0.4 is 10.6 Å². The third-order valence-electron chi connectivity index (χ3n) is 3.41. The molecule has 2 N–H and O–H groups in total. The highest BCUT2D eigenvalue weighted by atomic mass is 32.1. The molecule has 0 aromatic heterocycles. The van der Waals surface area contributed by atoms with Gasteiger partial charge in [-0.2, -0.15) is 0 Å². The molecule has 1 aliphatic carbocycles. The van der Waals surface area contributed by atoms with E-state index >= 15 is 0 Å². The molecule has 2 rings (SSSR count). The van der Waals surface area contributed by atoms with E-state index in [4.69, 9.17) is 12.2 Å². The first-order chi connectivity index (χ1) is 8.66. The highest BCUT2D eigenvalue weighted by molar-refractivity contribution is 7.80. The van der Waals surface area contributed by atoms with Gasteiger partial charge in [0.15, 0.2) is 5.11 Å². The van der Waals surface area contributed by atoms with E-state index < -0.39 is 0 Å². The van der Waals surface area contributed by atoms with Crippen LogP contribution in [-0.2, 0) is 0 Å². The van der Waals surface area contributed by atoms with Gasteiger partial charge in [-0.15, -0.1) is 0 Å². The Balaban J connectivity index is 1.71. The molecule has 0 saturated heterocycles. The van der Waals surface area contributed by atoms with Gasteiger partial charge in [0.2, 0.25) is 0 Å². The van der Waals surface area contributed by atoms with Crippen LogP contribution in [0.1, 0.15) is 19.8 Å². The lowest BCUT2D eigenvalue weighted by molar-refractivity contribution is 0.248. The van der Waals surface area contributed by atoms with E-state index in [1.54, 1.807) is 0 Å². The summed E-state index contributed by atoms with van der Waals surface area (Å²) in [6.07, 6.45) is 2.68. The second-order valence-corrected chi connectivity index (χ2v) is 5.35. The molecule has 0 radical (unpaired) electrons. The standard InChI is InChI=1S/C14H21N3S/c1-11(17(2)13-8-9-13)10-15-14(18)16-12-6-4-3-5-7-12/h3-7,11,13H,8-10H2,1-2H3,(H2,15,16,18). The highest BCUT2D eigenvalue weighted by Gasteiger charge is 2.28. The topological polar surface area (TPSA) is 27.3 Å². The maximum atomic E-state index is 5.28. The van der Waals surface area contributed by atoms with Gasteiger partial charge >= 0.3 is 0 Å². The van der Waals surface area contributed by atoms with Crippen LogP contribution in [0.3, 0.4) is 0 Å². The minimum Gasteiger partial charge on any atom is -0.361 e. The zero-order valence-electron chi connectivity index (χ0n) is 11.0. The maximum absolute atomic E-state index is 5.28. The van der Waals surface area contributed by atoms with Gasteiger partial charge in [0.1, 0.15) is 0 Å². The van der Waals surface area contributed by atoms with Gasteiger partial charge in [0.05, 0.1) is 0 Å². The summed E-state index contributed by atoms with van der Waals surface area (Å²) in [5, 5.41) is 7.15. The van der Waals surface area contributed by atoms with E-state index in [2.05, 4.69) is 29.5 Å². The molecule has 0 spiro atoms. The SMILES string of the molecule is CC(CNC(=S)Nc1ccccc1)N(C)C1CC1. The van der Waals surface area contributed by atoms with Gasteiger partial charge in [0, 0.05) is 24.3 Å². The molecule has 0 bridgehead atoms. The van der Waals surface area contributed by atoms with Gasteiger partial charge in [-0.05, 0) is 51.2 Å². The first-order valence-corrected chi connectivity index (χ1v) is 6.89. The van der Waals surface area contributed by atoms with Crippen molar-refractivity contribution in [3.05, 3.63) is 30.3 Å². The monoisotopic (exact) mass is 263 g/mol. The Labute approximate surface area is 115 Å². The zero-order chi connectivity index (χ0) is 13.0. The highest BCUT2D eigenvalue weighted by Crippen LogP contribution is 2.26. The number of hydrogen-bond acceptors (Lipinski definition) is 2. The number of benzene rings is 1. The van der Waals surface area contributed by atoms with Crippen molar-refractivity contribution in [1.29, 1.82) is 0 Å². The summed E-state index contributed by atoms with van der Waals surface area (Å²) in [5.74, 6) is 0. The van der Waals surface area contributed by atoms with E-state index in [0.717, 1.165) is 18.3 Å². The summed E-state index contributed by atoms with van der Waals surface area (Å²) >= 11 is 5.28. The molecule has 1 unspecified atom stereocenters. The second kappa shape index (κ2) is 6.16. The smallest absolute Gasteiger partial charge is 0.170 e. The third kappa shape index (κ3) is 3.96. The Morgan fingerprint density at radius 2 is 2.06 bits per heavy atom. The zero-order valence-corrected chi connectivity index (χ0v) is 11.8. The molecule has 1 saturated carbocycles. The summed E-state index contributed by atoms with van der Waals surface area (Å²) in [7, 11) is 2.19. The Morgan fingerprint density at radius 3 is 2.67 bits per heavy atom. The average molecular weight is 263 g/mol. The Morgan fingerprint density at radius 1 is 1.39 bits per heavy atom. The van der Waals surface area contributed by atoms with E-state index in [0.29, 0.717) is 11.2 Å². The summed E-state index contributed by atoms with van der Waals surface area (Å²) in [5.41, 5.74) is 1.03. The fourth-order valence-corrected chi connectivity index (χ4v) is 2.12. The Kier molecular flexibility index (Phi) is 4.55. The van der Waals surface area contributed by atoms with Crippen LogP contribution in [0, 0.1) is 0 Å². The summed E-state index contributed by atoms with van der Waals surface area (Å²) < 4.78 is 0. The second-order valence-electron chi connectivity index (χ2n) is 4.95. The normalized spacial score (nSPS) is 16.4. The minimum absolute atomic E-state index is 0.507. The van der Waals surface area contributed by atoms with E-state index in [-0.39, 0.29) is 0 Å². The van der Waals surface area contributed by atoms with Gasteiger partial charge in [-0.3, -0.25) is 4.90 Å². The lowest BCUT2D eigenvalue weighted by atomic mass is 10.3. The van der Waals surface area contributed by atoms with Crippen LogP contribution in [0.4, 0.5) is 5.69 Å². The summed E-state index contributed by atoms with van der Waals surface area (Å²) in [6.45, 7) is 3.11. The number of hydrogen-bond donors (Lipinski definition) is 2. The van der Waals surface area contributed by atoms with Crippen molar-refractivity contribution < 1.29 is 0 Å². The molecule has 0 aliphatic heterocycles. The van der Waals surface area contributed by atoms with Crippen LogP contribution in [0.25, 0.3) is 0 Å². The fraction of sp³-hybridized carbons (Fsp3) is 0.500. The summed E-state index contributed by atoms with van der Waals surface area (Å²) in [6, 6.07) is 11.3. The van der Waals surface area contributed by atoms with Crippen LogP contribution >= 0.6 is 12.2 Å². The number of nitrogens with zero attached hydrogens (tertiary/aromatic N) is 1. The number of thiocarbonyl (C=S) groups is 1. The predicted molar refractivity (Wildman–Crippen MR) is 80.9 cm³/mol. The van der Waals surface area contributed by atoms with Crippen molar-refractivity contribution in [2.75, 3.05) is 18.9 Å². The molecule has 0 heterocycles. The molecular formula is C14H21N3S. The number of likely N-dealkylation sites (N-methyl/N-ethyl adjacent to an activating group) is 1. The van der Waals surface area contributed by atoms with Crippen LogP contribution in [0.5, 0.6) is 0 Å². The quantitative estimate of drug-likeness (QED) is 0.798. The number of anilines is 1. The lowest BCUT2D eigenvalue weighted by Gasteiger charge is -2.25. The Hall–Kier alpha value is -1.13. The molecule has 4 heteroatoms. The molecule has 1 aromatic carbocycles. The number of rotatable bonds is 5. The van der Waals surface area contributed by atoms with Crippen LogP contribution in [0.2, 0.25) is 0 Å². The van der Waals surface area contributed by atoms with Crippen molar-refractivity contribution in [2.45, 2.75) is 31.8 Å². The van der Waals surface area contributed by atoms with Crippen molar-refractivity contribution in [3.63, 3.8) is 0 Å². The van der Waals surface area contributed by atoms with Crippen LogP contribution in [-0.4, -0.2) is 35.7 Å². The van der Waals surface area contributed by atoms with Gasteiger partial charge in [0.25, 0.3) is 0 Å². The van der Waals surface area contributed by atoms with Crippen molar-refractivity contribution >= 4 is 23.0 Å². The number of para-hydroxylation sites is 1. The van der Waals surface area contributed by atoms with E-state index in [1.165, 1.54) is 12.8 Å². The molecule has 3 nitrogen and oxygen atoms in total. The maximum Gasteiger partial charge on any atom is 0.170 e. The molecule has 1 atom stereocenters. The molecule has 1 fully saturated rings. The third-order valence-corrected chi connectivity index (χ3v) is 3.65. The number of nitrogens with one attached hydrogen (secondary N) is 2. The molecular weight excluding hydrogens is 242 g/mol. The van der Waals surface area contributed by atoms with Crippen molar-refractivity contribution in [2.24, 2.45) is 0 Å². The van der Waals surface area contributed by atoms with Crippen LogP contribution in [0.15, 0.2) is 30.3 Å². The van der Waals surface area contributed by atoms with Crippen molar-refractivity contribution in [1.82, 2.24) is 10.2 Å². The molecule has 0 amide bonds. The lowest BCUT2D eigenvalue weighted by Crippen LogP contribution is -2.42. The fourth-order valence-electron chi connectivity index (χ4n) is 1.92. The largest absolute Gasteiger partial charge is 0.361 e. The Bertz CT molecular complexity index is 389. The summed E-state index contributed by atoms with van der Waals surface area (Å²) in [4.78, 5) is 2.43. The molecule has 1 aromatic rings. The molecule has 18 heavy (non-hydrogen) atoms. The predicted octanol–water partition coefficient (Wildman–Crippen LogP) is 2.46. The van der Waals surface area contributed by atoms with Gasteiger partial charge in [-0.25, -0.2) is 0 Å². The van der Waals surface area contributed by atoms with E-state index in [9.17, 15) is 0 Å². The minimum atomic E-state index is 0.507. The molecule has 98 valence electrons. The first kappa shape index (κ1) is 13.3. The molecule has 1 aliphatic rings. The van der Waals surface area contributed by atoms with E-state index in [1.807, 2.05) is 30.3 Å². The van der Waals surface area contributed by atoms with Gasteiger partial charge < -0.3 is 10.6 Å². The average Bonchev–Trinajstić information content (AvgIpc) is 3.20. The first-order valence-electron chi connectivity index (χ1n) is 6.48. The van der Waals surface area contributed by atoms with Gasteiger partial charge in [-0.1, -0.05) is 18.2 Å².